The third-order valence-corrected chi connectivity index (χ3v) is 6.99. The van der Waals surface area contributed by atoms with Crippen molar-refractivity contribution in [2.75, 3.05) is 0 Å². The zero-order chi connectivity index (χ0) is 15.7. The van der Waals surface area contributed by atoms with Crippen LogP contribution in [0.25, 0.3) is 10.8 Å². The lowest BCUT2D eigenvalue weighted by atomic mass is 10.0. The van der Waals surface area contributed by atoms with Crippen LogP contribution in [0.1, 0.15) is 70.6 Å². The normalized spacial score (nSPS) is 19.7. The van der Waals surface area contributed by atoms with Gasteiger partial charge in [-0.1, -0.05) is 109 Å². The summed E-state index contributed by atoms with van der Waals surface area (Å²) in [5.74, 6) is 0. The van der Waals surface area contributed by atoms with Crippen molar-refractivity contribution < 1.29 is 0 Å². The van der Waals surface area contributed by atoms with Crippen molar-refractivity contribution in [1.82, 2.24) is 0 Å². The lowest BCUT2D eigenvalue weighted by Crippen LogP contribution is -2.08. The molecule has 1 aliphatic carbocycles. The van der Waals surface area contributed by atoms with Gasteiger partial charge in [0.25, 0.3) is 0 Å². The Morgan fingerprint density at radius 2 is 1.17 bits per heavy atom. The second-order valence-corrected chi connectivity index (χ2v) is 8.77. The Kier molecular flexibility index (Phi) is 6.96. The molecule has 124 valence electrons. The van der Waals surface area contributed by atoms with Crippen molar-refractivity contribution in [3.8, 4) is 0 Å². The molecule has 1 atom stereocenters. The maximum Gasteiger partial charge on any atom is -0.0110 e. The molecule has 1 aliphatic rings. The largest absolute Gasteiger partial charge is 0.0865 e. The van der Waals surface area contributed by atoms with Crippen molar-refractivity contribution >= 4 is 24.7 Å². The molecule has 3 rings (SSSR count). The molecule has 1 saturated carbocycles. The van der Waals surface area contributed by atoms with E-state index in [0.29, 0.717) is 0 Å². The first-order valence-electron chi connectivity index (χ1n) is 9.68. The van der Waals surface area contributed by atoms with Gasteiger partial charge in [0.15, 0.2) is 0 Å². The predicted octanol–water partition coefficient (Wildman–Crippen LogP) is 6.82. The molecular weight excluding hydrogens is 295 g/mol. The number of hydrogen-bond donors (Lipinski definition) is 0. The van der Waals surface area contributed by atoms with E-state index >= 15 is 0 Å². The van der Waals surface area contributed by atoms with Crippen molar-refractivity contribution in [3.05, 3.63) is 42.5 Å². The van der Waals surface area contributed by atoms with E-state index in [-0.39, 0.29) is 0 Å². The quantitative estimate of drug-likeness (QED) is 0.531. The highest BCUT2D eigenvalue weighted by Gasteiger charge is 2.12. The first-order chi connectivity index (χ1) is 11.4. The number of hydrogen-bond acceptors (Lipinski definition) is 0. The summed E-state index contributed by atoms with van der Waals surface area (Å²) in [5, 5.41) is 4.49. The van der Waals surface area contributed by atoms with Crippen LogP contribution in [-0.2, 0) is 0 Å². The van der Waals surface area contributed by atoms with Gasteiger partial charge in [0.05, 0.1) is 0 Å². The van der Waals surface area contributed by atoms with Gasteiger partial charge >= 0.3 is 0 Å². The molecule has 2 aromatic carbocycles. The topological polar surface area (TPSA) is 0 Å². The molecule has 0 nitrogen and oxygen atoms in total. The molecule has 0 aliphatic heterocycles. The van der Waals surface area contributed by atoms with Crippen LogP contribution >= 0.6 is 8.58 Å². The summed E-state index contributed by atoms with van der Waals surface area (Å²) in [6.45, 7) is 0. The molecule has 0 radical (unpaired) electrons. The summed E-state index contributed by atoms with van der Waals surface area (Å²) in [4.78, 5) is 0. The average Bonchev–Trinajstić information content (AvgIpc) is 2.57. The van der Waals surface area contributed by atoms with Crippen LogP contribution in [0.4, 0.5) is 0 Å². The fourth-order valence-electron chi connectivity index (χ4n) is 3.88. The zero-order valence-corrected chi connectivity index (χ0v) is 15.4. The highest BCUT2D eigenvalue weighted by Crippen LogP contribution is 2.31. The lowest BCUT2D eigenvalue weighted by Gasteiger charge is -2.19. The molecule has 0 bridgehead atoms. The molecule has 0 saturated heterocycles. The molecule has 1 unspecified atom stereocenters. The fourth-order valence-corrected chi connectivity index (χ4v) is 5.59. The Hall–Kier alpha value is -0.870. The maximum absolute atomic E-state index is 2.37. The molecule has 0 amide bonds. The van der Waals surface area contributed by atoms with Gasteiger partial charge in [-0.25, -0.2) is 0 Å². The minimum atomic E-state index is 0.917. The van der Waals surface area contributed by atoms with Crippen molar-refractivity contribution in [2.45, 2.75) is 76.3 Å². The molecule has 23 heavy (non-hydrogen) atoms. The number of fused-ring (bicyclic) bond motifs is 1. The van der Waals surface area contributed by atoms with Crippen LogP contribution in [0.2, 0.25) is 0 Å². The lowest BCUT2D eigenvalue weighted by molar-refractivity contribution is 0.509. The van der Waals surface area contributed by atoms with E-state index in [1.807, 2.05) is 0 Å². The highest BCUT2D eigenvalue weighted by molar-refractivity contribution is 7.48. The molecule has 2 aromatic rings. The molecule has 0 heterocycles. The summed E-state index contributed by atoms with van der Waals surface area (Å²) >= 11 is 0. The van der Waals surface area contributed by atoms with E-state index in [1.54, 1.807) is 5.30 Å². The van der Waals surface area contributed by atoms with Gasteiger partial charge in [-0.2, -0.15) is 0 Å². The van der Waals surface area contributed by atoms with Crippen LogP contribution in [0.15, 0.2) is 42.5 Å². The Bertz CT molecular complexity index is 572. The maximum atomic E-state index is 2.37. The van der Waals surface area contributed by atoms with Gasteiger partial charge in [0.1, 0.15) is 0 Å². The molecule has 0 aromatic heterocycles. The van der Waals surface area contributed by atoms with Gasteiger partial charge in [-0.3, -0.25) is 0 Å². The second-order valence-electron chi connectivity index (χ2n) is 7.13. The molecule has 1 fully saturated rings. The Balaban J connectivity index is 1.67. The summed E-state index contributed by atoms with van der Waals surface area (Å²) in [7, 11) is 0.991. The van der Waals surface area contributed by atoms with Gasteiger partial charge < -0.3 is 0 Å². The second kappa shape index (κ2) is 9.43. The monoisotopic (exact) mass is 326 g/mol. The minimum absolute atomic E-state index is 0.917. The predicted molar refractivity (Wildman–Crippen MR) is 106 cm³/mol. The summed E-state index contributed by atoms with van der Waals surface area (Å²) in [6, 6.07) is 15.8. The van der Waals surface area contributed by atoms with Crippen molar-refractivity contribution in [1.29, 1.82) is 0 Å². The first kappa shape index (κ1) is 17.0. The molecule has 0 spiro atoms. The van der Waals surface area contributed by atoms with Gasteiger partial charge in [0.2, 0.25) is 0 Å². The van der Waals surface area contributed by atoms with Gasteiger partial charge in [-0.15, -0.1) is 0 Å². The standard InChI is InChI=1S/C22H31P/c1-2-4-6-8-15-20(16-9-7-5-3-1)23-22-18-12-14-19-13-10-11-17-21(19)22/h10-14,17-18,20,23H,1-9,15-16H2. The van der Waals surface area contributed by atoms with Crippen LogP contribution in [0.3, 0.4) is 0 Å². The van der Waals surface area contributed by atoms with Crippen LogP contribution in [-0.4, -0.2) is 5.66 Å². The Morgan fingerprint density at radius 1 is 0.609 bits per heavy atom. The van der Waals surface area contributed by atoms with E-state index in [0.717, 1.165) is 14.2 Å². The fraction of sp³-hybridized carbons (Fsp3) is 0.545. The average molecular weight is 326 g/mol. The number of benzene rings is 2. The van der Waals surface area contributed by atoms with Crippen LogP contribution in [0.5, 0.6) is 0 Å². The zero-order valence-electron chi connectivity index (χ0n) is 14.4. The number of rotatable bonds is 2. The summed E-state index contributed by atoms with van der Waals surface area (Å²) in [6.07, 6.45) is 16.0. The Morgan fingerprint density at radius 3 is 1.87 bits per heavy atom. The molecular formula is C22H31P. The molecule has 0 N–H and O–H groups in total. The third-order valence-electron chi connectivity index (χ3n) is 5.25. The summed E-state index contributed by atoms with van der Waals surface area (Å²) < 4.78 is 0. The SMILES string of the molecule is c1ccc2c(PC3CCCCCCCCCCC3)cccc2c1. The van der Waals surface area contributed by atoms with Crippen molar-refractivity contribution in [2.24, 2.45) is 0 Å². The summed E-state index contributed by atoms with van der Waals surface area (Å²) in [5.41, 5.74) is 0.917. The van der Waals surface area contributed by atoms with Gasteiger partial charge in [-0.05, 0) is 34.6 Å². The van der Waals surface area contributed by atoms with E-state index in [1.165, 1.54) is 81.4 Å². The van der Waals surface area contributed by atoms with E-state index < -0.39 is 0 Å². The van der Waals surface area contributed by atoms with Crippen LogP contribution in [0, 0.1) is 0 Å². The van der Waals surface area contributed by atoms with E-state index in [9.17, 15) is 0 Å². The van der Waals surface area contributed by atoms with Crippen molar-refractivity contribution in [3.63, 3.8) is 0 Å². The minimum Gasteiger partial charge on any atom is -0.0865 e. The molecule has 1 heteroatoms. The van der Waals surface area contributed by atoms with E-state index in [2.05, 4.69) is 42.5 Å². The third kappa shape index (κ3) is 5.32. The smallest absolute Gasteiger partial charge is 0.0110 e. The van der Waals surface area contributed by atoms with E-state index in [4.69, 9.17) is 0 Å². The highest BCUT2D eigenvalue weighted by atomic mass is 31.1. The Labute approximate surface area is 143 Å². The first-order valence-corrected chi connectivity index (χ1v) is 10.8. The van der Waals surface area contributed by atoms with Gasteiger partial charge in [0, 0.05) is 0 Å². The van der Waals surface area contributed by atoms with Crippen LogP contribution < -0.4 is 5.30 Å².